The Morgan fingerprint density at radius 2 is 2.00 bits per heavy atom. The SMILES string of the molecule is CC1CCC(C2OC(=O)N=C2N)CC1. The Morgan fingerprint density at radius 1 is 1.36 bits per heavy atom. The van der Waals surface area contributed by atoms with Crippen LogP contribution in [0.25, 0.3) is 0 Å². The Hall–Kier alpha value is -1.06. The number of carbonyl (C=O) groups excluding carboxylic acids is 1. The fourth-order valence-corrected chi connectivity index (χ4v) is 2.29. The third-order valence-corrected chi connectivity index (χ3v) is 3.23. The van der Waals surface area contributed by atoms with Gasteiger partial charge in [-0.1, -0.05) is 19.8 Å². The van der Waals surface area contributed by atoms with Crippen LogP contribution in [0.4, 0.5) is 4.79 Å². The van der Waals surface area contributed by atoms with E-state index in [0.29, 0.717) is 11.8 Å². The summed E-state index contributed by atoms with van der Waals surface area (Å²) in [7, 11) is 0. The van der Waals surface area contributed by atoms with Crippen LogP contribution in [0.15, 0.2) is 4.99 Å². The Morgan fingerprint density at radius 3 is 2.50 bits per heavy atom. The van der Waals surface area contributed by atoms with Gasteiger partial charge in [-0.15, -0.1) is 0 Å². The first-order valence-corrected chi connectivity index (χ1v) is 5.21. The molecule has 2 aliphatic rings. The number of carbonyl (C=O) groups is 1. The minimum atomic E-state index is -0.522. The van der Waals surface area contributed by atoms with E-state index in [4.69, 9.17) is 10.5 Å². The largest absolute Gasteiger partial charge is 0.436 e. The third kappa shape index (κ3) is 1.74. The van der Waals surface area contributed by atoms with Crippen molar-refractivity contribution in [1.29, 1.82) is 0 Å². The zero-order valence-electron chi connectivity index (χ0n) is 8.40. The van der Waals surface area contributed by atoms with Gasteiger partial charge in [-0.05, 0) is 18.8 Å². The summed E-state index contributed by atoms with van der Waals surface area (Å²) in [5, 5.41) is 0. The van der Waals surface area contributed by atoms with Gasteiger partial charge in [0.15, 0.2) is 6.10 Å². The molecule has 0 spiro atoms. The van der Waals surface area contributed by atoms with Crippen molar-refractivity contribution in [3.05, 3.63) is 0 Å². The minimum absolute atomic E-state index is 0.241. The average molecular weight is 196 g/mol. The fraction of sp³-hybridized carbons (Fsp3) is 0.800. The second-order valence-corrected chi connectivity index (χ2v) is 4.36. The first kappa shape index (κ1) is 9.49. The Kier molecular flexibility index (Phi) is 2.44. The average Bonchev–Trinajstić information content (AvgIpc) is 2.47. The van der Waals surface area contributed by atoms with Gasteiger partial charge in [0.25, 0.3) is 0 Å². The first-order chi connectivity index (χ1) is 6.66. The van der Waals surface area contributed by atoms with E-state index in [9.17, 15) is 4.79 Å². The van der Waals surface area contributed by atoms with Crippen molar-refractivity contribution in [1.82, 2.24) is 0 Å². The standard InChI is InChI=1S/C10H16N2O2/c1-6-2-4-7(5-3-6)8-9(11)12-10(13)14-8/h6-8H,2-5H2,1H3,(H2,11,12,13). The molecular formula is C10H16N2O2. The summed E-state index contributed by atoms with van der Waals surface area (Å²) in [5.74, 6) is 1.55. The maximum atomic E-state index is 10.9. The van der Waals surface area contributed by atoms with E-state index in [1.807, 2.05) is 0 Å². The van der Waals surface area contributed by atoms with Crippen molar-refractivity contribution in [2.24, 2.45) is 22.6 Å². The molecule has 78 valence electrons. The number of nitrogens with two attached hydrogens (primary N) is 1. The predicted molar refractivity (Wildman–Crippen MR) is 53.0 cm³/mol. The molecule has 1 unspecified atom stereocenters. The molecule has 0 radical (unpaired) electrons. The van der Waals surface area contributed by atoms with Gasteiger partial charge in [0.1, 0.15) is 5.84 Å². The van der Waals surface area contributed by atoms with Crippen LogP contribution in [0.2, 0.25) is 0 Å². The Labute approximate surface area is 83.5 Å². The van der Waals surface area contributed by atoms with Gasteiger partial charge in [0.2, 0.25) is 0 Å². The molecule has 4 nitrogen and oxygen atoms in total. The summed E-state index contributed by atoms with van der Waals surface area (Å²) in [6.45, 7) is 2.26. The maximum Gasteiger partial charge on any atom is 0.436 e. The second kappa shape index (κ2) is 3.59. The van der Waals surface area contributed by atoms with Crippen LogP contribution in [0.5, 0.6) is 0 Å². The topological polar surface area (TPSA) is 64.7 Å². The zero-order valence-corrected chi connectivity index (χ0v) is 8.40. The van der Waals surface area contributed by atoms with Crippen LogP contribution in [0.1, 0.15) is 32.6 Å². The molecule has 0 saturated heterocycles. The van der Waals surface area contributed by atoms with Gasteiger partial charge < -0.3 is 10.5 Å². The Bertz CT molecular complexity index is 267. The highest BCUT2D eigenvalue weighted by molar-refractivity contribution is 5.99. The lowest BCUT2D eigenvalue weighted by atomic mass is 9.80. The van der Waals surface area contributed by atoms with E-state index >= 15 is 0 Å². The molecule has 0 aromatic carbocycles. The van der Waals surface area contributed by atoms with Crippen LogP contribution < -0.4 is 5.73 Å². The number of amidine groups is 1. The lowest BCUT2D eigenvalue weighted by Gasteiger charge is -2.29. The lowest BCUT2D eigenvalue weighted by molar-refractivity contribution is 0.0980. The molecule has 1 heterocycles. The van der Waals surface area contributed by atoms with Crippen LogP contribution in [-0.2, 0) is 4.74 Å². The molecule has 1 aliphatic carbocycles. The molecular weight excluding hydrogens is 180 g/mol. The number of nitrogens with zero attached hydrogens (tertiary/aromatic N) is 1. The normalized spacial score (nSPS) is 37.9. The Balaban J connectivity index is 1.97. The molecule has 1 fully saturated rings. The van der Waals surface area contributed by atoms with E-state index in [2.05, 4.69) is 11.9 Å². The molecule has 2 rings (SSSR count). The van der Waals surface area contributed by atoms with E-state index < -0.39 is 6.09 Å². The van der Waals surface area contributed by atoms with Crippen molar-refractivity contribution in [3.63, 3.8) is 0 Å². The monoisotopic (exact) mass is 196 g/mol. The molecule has 0 aromatic rings. The van der Waals surface area contributed by atoms with Crippen molar-refractivity contribution < 1.29 is 9.53 Å². The molecule has 2 N–H and O–H groups in total. The molecule has 4 heteroatoms. The number of cyclic esters (lactones) is 1. The highest BCUT2D eigenvalue weighted by Gasteiger charge is 2.35. The van der Waals surface area contributed by atoms with Gasteiger partial charge in [-0.2, -0.15) is 4.99 Å². The molecule has 1 saturated carbocycles. The summed E-state index contributed by atoms with van der Waals surface area (Å²) in [5.41, 5.74) is 5.64. The van der Waals surface area contributed by atoms with E-state index in [1.165, 1.54) is 12.8 Å². The van der Waals surface area contributed by atoms with Gasteiger partial charge in [0, 0.05) is 5.92 Å². The van der Waals surface area contributed by atoms with Crippen LogP contribution in [0.3, 0.4) is 0 Å². The number of amides is 1. The lowest BCUT2D eigenvalue weighted by Crippen LogP contribution is -2.35. The number of hydrogen-bond donors (Lipinski definition) is 1. The number of ether oxygens (including phenoxy) is 1. The smallest absolute Gasteiger partial charge is 0.436 e. The fourth-order valence-electron chi connectivity index (χ4n) is 2.29. The van der Waals surface area contributed by atoms with Crippen LogP contribution in [-0.4, -0.2) is 18.0 Å². The van der Waals surface area contributed by atoms with E-state index in [-0.39, 0.29) is 6.10 Å². The van der Waals surface area contributed by atoms with Crippen molar-refractivity contribution in [2.75, 3.05) is 0 Å². The predicted octanol–water partition coefficient (Wildman–Crippen LogP) is 1.69. The zero-order chi connectivity index (χ0) is 10.1. The molecule has 0 aromatic heterocycles. The molecule has 1 aliphatic heterocycles. The molecule has 1 amide bonds. The first-order valence-electron chi connectivity index (χ1n) is 5.21. The third-order valence-electron chi connectivity index (χ3n) is 3.23. The van der Waals surface area contributed by atoms with Gasteiger partial charge in [-0.3, -0.25) is 0 Å². The summed E-state index contributed by atoms with van der Waals surface area (Å²) in [6.07, 6.45) is 3.82. The quantitative estimate of drug-likeness (QED) is 0.694. The van der Waals surface area contributed by atoms with Crippen molar-refractivity contribution in [3.8, 4) is 0 Å². The summed E-state index contributed by atoms with van der Waals surface area (Å²) < 4.78 is 5.08. The van der Waals surface area contributed by atoms with Crippen molar-refractivity contribution in [2.45, 2.75) is 38.7 Å². The molecule has 0 bridgehead atoms. The highest BCUT2D eigenvalue weighted by Crippen LogP contribution is 2.32. The highest BCUT2D eigenvalue weighted by atomic mass is 16.6. The molecule has 14 heavy (non-hydrogen) atoms. The minimum Gasteiger partial charge on any atom is -0.436 e. The number of aliphatic imine (C=N–C) groups is 1. The summed E-state index contributed by atoms with van der Waals surface area (Å²) in [6, 6.07) is 0. The van der Waals surface area contributed by atoms with Gasteiger partial charge in [-0.25, -0.2) is 4.79 Å². The van der Waals surface area contributed by atoms with Crippen LogP contribution in [0, 0.1) is 11.8 Å². The summed E-state index contributed by atoms with van der Waals surface area (Å²) >= 11 is 0. The second-order valence-electron chi connectivity index (χ2n) is 4.36. The maximum absolute atomic E-state index is 10.9. The van der Waals surface area contributed by atoms with Crippen LogP contribution >= 0.6 is 0 Å². The number of hydrogen-bond acceptors (Lipinski definition) is 3. The van der Waals surface area contributed by atoms with E-state index in [1.54, 1.807) is 0 Å². The van der Waals surface area contributed by atoms with Crippen molar-refractivity contribution >= 4 is 11.9 Å². The van der Waals surface area contributed by atoms with Gasteiger partial charge >= 0.3 is 6.09 Å². The summed E-state index contributed by atoms with van der Waals surface area (Å²) in [4.78, 5) is 14.5. The molecule has 1 atom stereocenters. The van der Waals surface area contributed by atoms with E-state index in [0.717, 1.165) is 18.8 Å². The van der Waals surface area contributed by atoms with Gasteiger partial charge in [0.05, 0.1) is 0 Å². The number of rotatable bonds is 1.